The van der Waals surface area contributed by atoms with Crippen LogP contribution in [0.4, 0.5) is 0 Å². The molecule has 0 heterocycles. The number of hydrogen-bond donors (Lipinski definition) is 0. The van der Waals surface area contributed by atoms with Crippen LogP contribution in [0.1, 0.15) is 11.1 Å². The molecule has 0 bridgehead atoms. The van der Waals surface area contributed by atoms with E-state index in [0.29, 0.717) is 0 Å². The molecule has 0 radical (unpaired) electrons. The molecule has 0 nitrogen and oxygen atoms in total. The molecule has 0 fully saturated rings. The number of benzene rings is 13. The molecule has 0 aliphatic rings. The van der Waals surface area contributed by atoms with E-state index in [2.05, 4.69) is 218 Å². The Balaban J connectivity index is 0.000000162. The molecule has 13 aromatic rings. The van der Waals surface area contributed by atoms with E-state index in [4.69, 9.17) is 12.8 Å². The van der Waals surface area contributed by atoms with E-state index in [1.807, 2.05) is 72.8 Å². The van der Waals surface area contributed by atoms with Crippen LogP contribution in [0.5, 0.6) is 0 Å². The van der Waals surface area contributed by atoms with E-state index in [1.54, 1.807) is 0 Å². The fraction of sp³-hybridized carbons (Fsp3) is 0. The minimum Gasteiger partial charge on any atom is -0.366 e. The van der Waals surface area contributed by atoms with Crippen LogP contribution in [0.15, 0.2) is 279 Å². The molecule has 13 rings (SSSR count). The van der Waals surface area contributed by atoms with Crippen LogP contribution in [0, 0.1) is 24.7 Å². The van der Waals surface area contributed by atoms with Crippen LogP contribution in [-0.2, 0) is 44.8 Å². The van der Waals surface area contributed by atoms with E-state index in [-0.39, 0.29) is 44.8 Å². The van der Waals surface area contributed by atoms with Gasteiger partial charge in [0.15, 0.2) is 0 Å². The first kappa shape index (κ1) is 51.8. The van der Waals surface area contributed by atoms with Crippen LogP contribution in [-0.4, -0.2) is 0 Å². The molecule has 0 spiro atoms. The van der Waals surface area contributed by atoms with Gasteiger partial charge in [0.05, 0.1) is 0 Å². The van der Waals surface area contributed by atoms with Crippen molar-refractivity contribution in [1.82, 2.24) is 0 Å². The first-order chi connectivity index (χ1) is 35.7. The van der Waals surface area contributed by atoms with Gasteiger partial charge in [0.25, 0.3) is 0 Å². The van der Waals surface area contributed by atoms with Gasteiger partial charge in [-0.3, -0.25) is 11.8 Å². The quantitative estimate of drug-likeness (QED) is 0.0512. The maximum Gasteiger partial charge on any atom is 1.00 e. The summed E-state index contributed by atoms with van der Waals surface area (Å²) in [6.07, 6.45) is 14.7. The Hall–Kier alpha value is -7.12. The summed E-state index contributed by atoms with van der Waals surface area (Å²) >= 11 is 0. The van der Waals surface area contributed by atoms with Gasteiger partial charge in [-0.05, 0) is 91.6 Å². The van der Waals surface area contributed by atoms with Crippen LogP contribution < -0.4 is 31.8 Å². The van der Waals surface area contributed by atoms with Gasteiger partial charge in [-0.15, -0.1) is 23.3 Å². The molecular weight excluding hydrogens is 1300 g/mol. The molecule has 0 aromatic heterocycles. The van der Waals surface area contributed by atoms with E-state index < -0.39 is 15.8 Å². The monoisotopic (exact) mass is 1340 g/mol. The molecule has 0 saturated heterocycles. The van der Waals surface area contributed by atoms with Gasteiger partial charge in [-0.25, -0.2) is 0 Å². The second kappa shape index (κ2) is 24.3. The Labute approximate surface area is 468 Å². The van der Waals surface area contributed by atoms with E-state index in [9.17, 15) is 0 Å². The Bertz CT molecular complexity index is 3870. The van der Waals surface area contributed by atoms with E-state index in [0.717, 1.165) is 32.7 Å². The molecule has 0 aliphatic carbocycles. The normalized spacial score (nSPS) is 11.4. The standard InChI is InChI=1S/C38H28P2.2C16H9.2Au/c1-3-19-31(20-4-1)39(35-27-13-17-29-15-7-9-23-33(29)35)37-25-11-12-26-38(37)40(32-21-5-2-6-22-32)36-28-14-18-30-16-8-10-24-34(30)36;2*1-2-12-11-13-7-3-4-9-15(13)16-10-6-5-8-14(12)16;;/h1-28H;2*3-11H;;/q;2*-1;2*+1/p+2. The topological polar surface area (TPSA) is 0 Å². The minimum atomic E-state index is -1.32. The summed E-state index contributed by atoms with van der Waals surface area (Å²) in [5.41, 5.74) is 1.71. The first-order valence-corrected chi connectivity index (χ1v) is 27.3. The van der Waals surface area contributed by atoms with E-state index in [1.165, 1.54) is 74.9 Å². The third-order valence-electron chi connectivity index (χ3n) is 13.5. The zero-order valence-electron chi connectivity index (χ0n) is 40.2. The maximum atomic E-state index is 7.35. The summed E-state index contributed by atoms with van der Waals surface area (Å²) in [4.78, 5) is 0. The Kier molecular flexibility index (Phi) is 17.0. The van der Waals surface area contributed by atoms with Gasteiger partial charge in [0.2, 0.25) is 0 Å². The van der Waals surface area contributed by atoms with Crippen molar-refractivity contribution in [2.45, 2.75) is 0 Å². The second-order valence-electron chi connectivity index (χ2n) is 17.7. The third kappa shape index (κ3) is 10.6. The summed E-state index contributed by atoms with van der Waals surface area (Å²) < 4.78 is 0. The summed E-state index contributed by atoms with van der Waals surface area (Å²) in [7, 11) is -2.64. The molecule has 0 amide bonds. The predicted molar refractivity (Wildman–Crippen MR) is 317 cm³/mol. The molecule has 74 heavy (non-hydrogen) atoms. The van der Waals surface area contributed by atoms with Crippen LogP contribution in [0.3, 0.4) is 0 Å². The van der Waals surface area contributed by atoms with Gasteiger partial charge in [0.1, 0.15) is 47.7 Å². The van der Waals surface area contributed by atoms with Crippen molar-refractivity contribution in [2.24, 2.45) is 0 Å². The number of hydrogen-bond acceptors (Lipinski definition) is 0. The summed E-state index contributed by atoms with van der Waals surface area (Å²) in [6, 6.07) is 100.0. The Morgan fingerprint density at radius 2 is 0.500 bits per heavy atom. The molecule has 358 valence electrons. The summed E-state index contributed by atoms with van der Waals surface area (Å²) in [5, 5.41) is 23.4. The molecule has 0 saturated carbocycles. The SMILES string of the molecule is [Au+].[Au+].[C-]#Cc1cc2ccccc2c2ccccc12.[C-]#Cc1cc2ccccc2c2ccccc12.c1ccc([PH+](c2ccccc2[PH+](c2ccccc2)c2cccc3ccccc23)c2cccc3ccccc23)cc1. The zero-order chi connectivity index (χ0) is 48.6. The van der Waals surface area contributed by atoms with Crippen molar-refractivity contribution < 1.29 is 44.8 Å². The van der Waals surface area contributed by atoms with Crippen molar-refractivity contribution in [2.75, 3.05) is 0 Å². The minimum absolute atomic E-state index is 0. The van der Waals surface area contributed by atoms with Gasteiger partial charge in [0, 0.05) is 10.8 Å². The summed E-state index contributed by atoms with van der Waals surface area (Å²) in [6.45, 7) is 0. The fourth-order valence-electron chi connectivity index (χ4n) is 10.2. The van der Waals surface area contributed by atoms with Gasteiger partial charge < -0.3 is 12.8 Å². The second-order valence-corrected chi connectivity index (χ2v) is 22.5. The van der Waals surface area contributed by atoms with Crippen molar-refractivity contribution in [3.63, 3.8) is 0 Å². The fourth-order valence-corrected chi connectivity index (χ4v) is 16.6. The Morgan fingerprint density at radius 3 is 0.878 bits per heavy atom. The molecule has 2 atom stereocenters. The third-order valence-corrected chi connectivity index (χ3v) is 19.5. The van der Waals surface area contributed by atoms with Crippen molar-refractivity contribution in [3.05, 3.63) is 303 Å². The van der Waals surface area contributed by atoms with Gasteiger partial charge in [-0.1, -0.05) is 229 Å². The average Bonchev–Trinajstić information content (AvgIpc) is 3.46. The van der Waals surface area contributed by atoms with Crippen molar-refractivity contribution in [3.8, 4) is 11.8 Å². The maximum absolute atomic E-state index is 7.35. The average molecular weight is 1350 g/mol. The molecule has 13 aromatic carbocycles. The number of fused-ring (bicyclic) bond motifs is 8. The van der Waals surface area contributed by atoms with Crippen LogP contribution in [0.2, 0.25) is 0 Å². The van der Waals surface area contributed by atoms with Gasteiger partial charge >= 0.3 is 44.8 Å². The van der Waals surface area contributed by atoms with Crippen molar-refractivity contribution in [1.29, 1.82) is 0 Å². The van der Waals surface area contributed by atoms with Gasteiger partial charge in [-0.2, -0.15) is 0 Å². The molecule has 2 unspecified atom stereocenters. The van der Waals surface area contributed by atoms with Crippen LogP contribution in [0.25, 0.3) is 64.6 Å². The zero-order valence-corrected chi connectivity index (χ0v) is 46.5. The predicted octanol–water partition coefficient (Wildman–Crippen LogP) is 14.8. The Morgan fingerprint density at radius 1 is 0.230 bits per heavy atom. The molecule has 4 heteroatoms. The summed E-state index contributed by atoms with van der Waals surface area (Å²) in [5.74, 6) is 5.02. The molecule has 0 aliphatic heterocycles. The largest absolute Gasteiger partial charge is 1.00 e. The van der Waals surface area contributed by atoms with Crippen LogP contribution >= 0.6 is 15.8 Å². The number of rotatable bonds is 6. The molecule has 0 N–H and O–H groups in total. The smallest absolute Gasteiger partial charge is 0.366 e. The first-order valence-electron chi connectivity index (χ1n) is 24.3. The molecular formula is C70H48Au2P2+2. The van der Waals surface area contributed by atoms with E-state index >= 15 is 0 Å². The van der Waals surface area contributed by atoms with Crippen molar-refractivity contribution >= 4 is 112 Å².